The van der Waals surface area contributed by atoms with Crippen molar-refractivity contribution >= 4 is 35.6 Å². The van der Waals surface area contributed by atoms with Gasteiger partial charge in [-0.3, -0.25) is 9.59 Å². The van der Waals surface area contributed by atoms with Gasteiger partial charge in [0.15, 0.2) is 0 Å². The Hall–Kier alpha value is -5.44. The Morgan fingerprint density at radius 2 is 0.902 bits per heavy atom. The van der Waals surface area contributed by atoms with Gasteiger partial charge in [0.2, 0.25) is 0 Å². The van der Waals surface area contributed by atoms with Crippen molar-refractivity contribution in [3.05, 3.63) is 119 Å². The number of nitrogens with one attached hydrogen (secondary N) is 2. The molecule has 0 bridgehead atoms. The fourth-order valence-corrected chi connectivity index (χ4v) is 3.66. The first-order chi connectivity index (χ1) is 19.8. The lowest BCUT2D eigenvalue weighted by Gasteiger charge is -2.12. The Bertz CT molecular complexity index is 1390. The molecule has 4 aromatic rings. The number of carbonyl (C=O) groups excluding carboxylic acids is 2. The number of carbonyl (C=O) groups is 2. The first-order valence-corrected chi connectivity index (χ1v) is 12.9. The zero-order chi connectivity index (χ0) is 29.2. The molecule has 0 aromatic heterocycles. The number of ether oxygens (including phenoxy) is 1. The number of nitrogens with zero attached hydrogens (tertiary/aromatic N) is 4. The fourth-order valence-electron chi connectivity index (χ4n) is 3.66. The number of amides is 2. The van der Waals surface area contributed by atoms with E-state index in [9.17, 15) is 9.59 Å². The third kappa shape index (κ3) is 8.27. The first-order valence-electron chi connectivity index (χ1n) is 12.9. The number of benzene rings is 4. The highest BCUT2D eigenvalue weighted by Gasteiger charge is 2.06. The molecule has 0 saturated heterocycles. The maximum absolute atomic E-state index is 12.3. The molecule has 0 spiro atoms. The van der Waals surface area contributed by atoms with Crippen LogP contribution in [0.3, 0.4) is 0 Å². The average molecular weight is 549 g/mol. The summed E-state index contributed by atoms with van der Waals surface area (Å²) in [5.74, 6) is 0.747. The van der Waals surface area contributed by atoms with Crippen molar-refractivity contribution in [1.29, 1.82) is 0 Å². The van der Waals surface area contributed by atoms with Gasteiger partial charge in [0.1, 0.15) is 11.5 Å². The molecule has 2 amide bonds. The molecule has 0 unspecified atom stereocenters. The molecule has 41 heavy (non-hydrogen) atoms. The SMILES string of the molecule is CN(C)c1ccc(C(=O)N/N=C/c2ccc(Oc3ccc(/C=N/NC(=O)c4ccc(N(C)C)cc4)cc3)cc2)cc1. The molecule has 0 radical (unpaired) electrons. The molecule has 4 aromatic carbocycles. The minimum Gasteiger partial charge on any atom is -0.457 e. The number of rotatable bonds is 10. The highest BCUT2D eigenvalue weighted by atomic mass is 16.5. The zero-order valence-corrected chi connectivity index (χ0v) is 23.4. The van der Waals surface area contributed by atoms with Gasteiger partial charge in [0.05, 0.1) is 12.4 Å². The van der Waals surface area contributed by atoms with E-state index < -0.39 is 0 Å². The van der Waals surface area contributed by atoms with Gasteiger partial charge in [0.25, 0.3) is 11.8 Å². The molecule has 208 valence electrons. The van der Waals surface area contributed by atoms with Crippen LogP contribution in [0.2, 0.25) is 0 Å². The van der Waals surface area contributed by atoms with E-state index in [1.807, 2.05) is 111 Å². The molecule has 2 N–H and O–H groups in total. The van der Waals surface area contributed by atoms with Crippen LogP contribution in [0, 0.1) is 0 Å². The monoisotopic (exact) mass is 548 g/mol. The minimum atomic E-state index is -0.280. The van der Waals surface area contributed by atoms with Gasteiger partial charge >= 0.3 is 0 Å². The summed E-state index contributed by atoms with van der Waals surface area (Å²) in [7, 11) is 7.78. The summed E-state index contributed by atoms with van der Waals surface area (Å²) in [6.45, 7) is 0. The van der Waals surface area contributed by atoms with Crippen LogP contribution < -0.4 is 25.4 Å². The Balaban J connectivity index is 1.24. The maximum Gasteiger partial charge on any atom is 0.271 e. The van der Waals surface area contributed by atoms with E-state index in [1.165, 1.54) is 0 Å². The summed E-state index contributed by atoms with van der Waals surface area (Å²) >= 11 is 0. The lowest BCUT2D eigenvalue weighted by atomic mass is 10.2. The molecular weight excluding hydrogens is 516 g/mol. The second-order valence-corrected chi connectivity index (χ2v) is 9.52. The van der Waals surface area contributed by atoms with Crippen molar-refractivity contribution in [1.82, 2.24) is 10.9 Å². The Morgan fingerprint density at radius 3 is 1.22 bits per heavy atom. The van der Waals surface area contributed by atoms with Crippen LogP contribution in [0.4, 0.5) is 11.4 Å². The van der Waals surface area contributed by atoms with Crippen molar-refractivity contribution in [2.75, 3.05) is 38.0 Å². The highest BCUT2D eigenvalue weighted by molar-refractivity contribution is 5.96. The largest absolute Gasteiger partial charge is 0.457 e. The Morgan fingerprint density at radius 1 is 0.561 bits per heavy atom. The fraction of sp³-hybridized carbons (Fsp3) is 0.125. The predicted octanol–water partition coefficient (Wildman–Crippen LogP) is 5.14. The normalized spacial score (nSPS) is 10.9. The average Bonchev–Trinajstić information content (AvgIpc) is 2.99. The molecule has 0 fully saturated rings. The van der Waals surface area contributed by atoms with Gasteiger partial charge in [-0.15, -0.1) is 0 Å². The second-order valence-electron chi connectivity index (χ2n) is 9.52. The lowest BCUT2D eigenvalue weighted by Crippen LogP contribution is -2.17. The molecule has 4 rings (SSSR count). The molecule has 0 heterocycles. The van der Waals surface area contributed by atoms with E-state index >= 15 is 0 Å². The first kappa shape index (κ1) is 28.6. The van der Waals surface area contributed by atoms with E-state index in [-0.39, 0.29) is 11.8 Å². The molecule has 9 heteroatoms. The quantitative estimate of drug-likeness (QED) is 0.211. The van der Waals surface area contributed by atoms with E-state index in [0.29, 0.717) is 22.6 Å². The Kier molecular flexibility index (Phi) is 9.45. The van der Waals surface area contributed by atoms with Crippen LogP contribution in [0.25, 0.3) is 0 Å². The highest BCUT2D eigenvalue weighted by Crippen LogP contribution is 2.21. The van der Waals surface area contributed by atoms with E-state index in [2.05, 4.69) is 21.1 Å². The molecule has 0 aliphatic heterocycles. The van der Waals surface area contributed by atoms with E-state index in [1.54, 1.807) is 36.7 Å². The molecule has 0 aliphatic rings. The van der Waals surface area contributed by atoms with Gasteiger partial charge in [-0.05, 0) is 108 Å². The molecule has 0 atom stereocenters. The van der Waals surface area contributed by atoms with Gasteiger partial charge in [0, 0.05) is 50.7 Å². The van der Waals surface area contributed by atoms with Crippen LogP contribution in [-0.2, 0) is 0 Å². The van der Waals surface area contributed by atoms with Crippen LogP contribution >= 0.6 is 0 Å². The summed E-state index contributed by atoms with van der Waals surface area (Å²) in [5.41, 5.74) is 9.79. The summed E-state index contributed by atoms with van der Waals surface area (Å²) in [6.07, 6.45) is 3.14. The molecular formula is C32H32N6O3. The van der Waals surface area contributed by atoms with Gasteiger partial charge in [-0.25, -0.2) is 10.9 Å². The third-order valence-electron chi connectivity index (χ3n) is 6.05. The zero-order valence-electron chi connectivity index (χ0n) is 23.4. The lowest BCUT2D eigenvalue weighted by molar-refractivity contribution is 0.0947. The summed E-state index contributed by atoms with van der Waals surface area (Å²) in [6, 6.07) is 29.2. The topological polar surface area (TPSA) is 98.6 Å². The molecule has 0 aliphatic carbocycles. The number of hydrazone groups is 2. The predicted molar refractivity (Wildman–Crippen MR) is 165 cm³/mol. The summed E-state index contributed by atoms with van der Waals surface area (Å²) in [4.78, 5) is 28.5. The number of hydrogen-bond acceptors (Lipinski definition) is 7. The van der Waals surface area contributed by atoms with Crippen LogP contribution in [0.5, 0.6) is 11.5 Å². The summed E-state index contributed by atoms with van der Waals surface area (Å²) in [5, 5.41) is 8.09. The molecule has 0 saturated carbocycles. The third-order valence-corrected chi connectivity index (χ3v) is 6.05. The van der Waals surface area contributed by atoms with Crippen LogP contribution in [0.1, 0.15) is 31.8 Å². The van der Waals surface area contributed by atoms with E-state index in [4.69, 9.17) is 4.74 Å². The Labute approximate surface area is 239 Å². The van der Waals surface area contributed by atoms with Crippen molar-refractivity contribution in [3.63, 3.8) is 0 Å². The number of hydrogen-bond donors (Lipinski definition) is 2. The van der Waals surface area contributed by atoms with E-state index in [0.717, 1.165) is 22.5 Å². The number of anilines is 2. The smallest absolute Gasteiger partial charge is 0.271 e. The van der Waals surface area contributed by atoms with Crippen molar-refractivity contribution < 1.29 is 14.3 Å². The van der Waals surface area contributed by atoms with Gasteiger partial charge < -0.3 is 14.5 Å². The molecule has 9 nitrogen and oxygen atoms in total. The van der Waals surface area contributed by atoms with Crippen molar-refractivity contribution in [3.8, 4) is 11.5 Å². The van der Waals surface area contributed by atoms with Crippen LogP contribution in [-0.4, -0.2) is 52.4 Å². The van der Waals surface area contributed by atoms with Crippen molar-refractivity contribution in [2.24, 2.45) is 10.2 Å². The van der Waals surface area contributed by atoms with Gasteiger partial charge in [-0.1, -0.05) is 0 Å². The standard InChI is InChI=1S/C32H32N6O3/c1-37(2)27-13-9-25(10-14-27)31(39)35-33-21-23-5-17-29(18-6-23)41-30-19-7-24(8-20-30)22-34-36-32(40)26-11-15-28(16-12-26)38(3)4/h5-22H,1-4H3,(H,35,39)(H,36,40)/b33-21+,34-22+. The minimum absolute atomic E-state index is 0.280. The summed E-state index contributed by atoms with van der Waals surface area (Å²) < 4.78 is 5.91. The van der Waals surface area contributed by atoms with Crippen molar-refractivity contribution in [2.45, 2.75) is 0 Å². The second kappa shape index (κ2) is 13.6. The van der Waals surface area contributed by atoms with Gasteiger partial charge in [-0.2, -0.15) is 10.2 Å². The van der Waals surface area contributed by atoms with Crippen LogP contribution in [0.15, 0.2) is 107 Å². The maximum atomic E-state index is 12.3.